The monoisotopic (exact) mass is 930 g/mol. The minimum absolute atomic E-state index is 0.117. The number of nitrogens with one attached hydrogen (secondary N) is 1. The molecule has 0 aromatic heterocycles. The van der Waals surface area contributed by atoms with Gasteiger partial charge in [-0.2, -0.15) is 0 Å². The zero-order valence-electron chi connectivity index (χ0n) is 41.5. The van der Waals surface area contributed by atoms with Crippen molar-refractivity contribution in [3.8, 4) is 0 Å². The number of hydrogen-bond acceptors (Lipinski definition) is 10. The number of allylic oxidation sites excluding steroid dienone is 11. The van der Waals surface area contributed by atoms with Crippen molar-refractivity contribution in [1.29, 1.82) is 0 Å². The lowest BCUT2D eigenvalue weighted by Gasteiger charge is -2.41. The van der Waals surface area contributed by atoms with Crippen LogP contribution in [0, 0.1) is 0 Å². The van der Waals surface area contributed by atoms with Crippen LogP contribution in [0.2, 0.25) is 0 Å². The third-order valence-corrected chi connectivity index (χ3v) is 12.0. The Kier molecular flexibility index (Phi) is 40.2. The highest BCUT2D eigenvalue weighted by atomic mass is 16.7. The maximum absolute atomic E-state index is 13.3. The Labute approximate surface area is 400 Å². The molecule has 6 N–H and O–H groups in total. The highest BCUT2D eigenvalue weighted by Crippen LogP contribution is 2.26. The number of amides is 1. The molecule has 1 aliphatic rings. The maximum atomic E-state index is 13.3. The molecule has 1 saturated heterocycles. The van der Waals surface area contributed by atoms with E-state index in [0.29, 0.717) is 12.8 Å². The van der Waals surface area contributed by atoms with E-state index in [4.69, 9.17) is 14.2 Å². The fourth-order valence-electron chi connectivity index (χ4n) is 7.79. The second kappa shape index (κ2) is 43.4. The smallest absolute Gasteiger partial charge is 0.306 e. The van der Waals surface area contributed by atoms with Gasteiger partial charge in [0.05, 0.1) is 25.4 Å². The van der Waals surface area contributed by atoms with Crippen LogP contribution >= 0.6 is 0 Å². The number of unbranched alkanes of at least 4 members (excludes halogenated alkanes) is 22. The summed E-state index contributed by atoms with van der Waals surface area (Å²) in [5, 5.41) is 56.5. The van der Waals surface area contributed by atoms with Crippen molar-refractivity contribution in [3.05, 3.63) is 72.9 Å². The Morgan fingerprint density at radius 1 is 0.606 bits per heavy atom. The number of esters is 1. The van der Waals surface area contributed by atoms with Gasteiger partial charge < -0.3 is 45.1 Å². The van der Waals surface area contributed by atoms with E-state index in [1.807, 2.05) is 60.8 Å². The summed E-state index contributed by atoms with van der Waals surface area (Å²) in [6, 6.07) is -1.05. The number of aliphatic hydroxyl groups is 5. The highest BCUT2D eigenvalue weighted by molar-refractivity contribution is 5.80. The van der Waals surface area contributed by atoms with E-state index in [1.54, 1.807) is 6.08 Å². The van der Waals surface area contributed by atoms with Gasteiger partial charge in [0.1, 0.15) is 24.4 Å². The number of rotatable bonds is 42. The van der Waals surface area contributed by atoms with Gasteiger partial charge in [-0.25, -0.2) is 0 Å². The van der Waals surface area contributed by atoms with Crippen LogP contribution in [0.3, 0.4) is 0 Å². The molecule has 11 heteroatoms. The van der Waals surface area contributed by atoms with Crippen LogP contribution in [0.25, 0.3) is 0 Å². The summed E-state index contributed by atoms with van der Waals surface area (Å²) in [7, 11) is 0. The average Bonchev–Trinajstić information content (AvgIpc) is 3.31. The molecule has 380 valence electrons. The van der Waals surface area contributed by atoms with Crippen molar-refractivity contribution in [3.63, 3.8) is 0 Å². The first-order chi connectivity index (χ1) is 32.2. The predicted molar refractivity (Wildman–Crippen MR) is 269 cm³/mol. The zero-order valence-corrected chi connectivity index (χ0v) is 41.5. The molecule has 0 bridgehead atoms. The lowest BCUT2D eigenvalue weighted by atomic mass is 9.99. The summed E-state index contributed by atoms with van der Waals surface area (Å²) in [5.74, 6) is -1.24. The van der Waals surface area contributed by atoms with Crippen LogP contribution in [-0.2, 0) is 23.8 Å². The Morgan fingerprint density at radius 2 is 1.09 bits per heavy atom. The van der Waals surface area contributed by atoms with E-state index < -0.39 is 67.4 Å². The molecular formula is C55H95NO10. The third-order valence-electron chi connectivity index (χ3n) is 12.0. The maximum Gasteiger partial charge on any atom is 0.306 e. The Bertz CT molecular complexity index is 1340. The summed E-state index contributed by atoms with van der Waals surface area (Å²) in [6.45, 7) is 5.56. The fourth-order valence-corrected chi connectivity index (χ4v) is 7.79. The lowest BCUT2D eigenvalue weighted by Crippen LogP contribution is -2.61. The molecule has 0 radical (unpaired) electrons. The van der Waals surface area contributed by atoms with Gasteiger partial charge in [0.2, 0.25) is 5.91 Å². The van der Waals surface area contributed by atoms with Gasteiger partial charge in [-0.3, -0.25) is 9.59 Å². The molecule has 1 rings (SSSR count). The quantitative estimate of drug-likeness (QED) is 0.0150. The van der Waals surface area contributed by atoms with Gasteiger partial charge >= 0.3 is 5.97 Å². The number of hydrogen-bond donors (Lipinski definition) is 6. The second-order valence-electron chi connectivity index (χ2n) is 18.0. The summed E-state index contributed by atoms with van der Waals surface area (Å²) in [5.41, 5.74) is 0. The Balaban J connectivity index is 2.83. The van der Waals surface area contributed by atoms with Crippen molar-refractivity contribution in [1.82, 2.24) is 5.32 Å². The van der Waals surface area contributed by atoms with Crippen LogP contribution in [0.4, 0.5) is 0 Å². The second-order valence-corrected chi connectivity index (χ2v) is 18.0. The largest absolute Gasteiger partial charge is 0.454 e. The number of carbonyl (C=O) groups excluding carboxylic acids is 2. The normalized spacial score (nSPS) is 20.8. The van der Waals surface area contributed by atoms with Gasteiger partial charge in [-0.15, -0.1) is 0 Å². The van der Waals surface area contributed by atoms with E-state index >= 15 is 0 Å². The van der Waals surface area contributed by atoms with Crippen molar-refractivity contribution in [2.75, 3.05) is 13.2 Å². The van der Waals surface area contributed by atoms with Crippen LogP contribution < -0.4 is 5.32 Å². The lowest BCUT2D eigenvalue weighted by molar-refractivity contribution is -0.305. The van der Waals surface area contributed by atoms with Crippen molar-refractivity contribution < 1.29 is 49.3 Å². The molecular weight excluding hydrogens is 835 g/mol. The van der Waals surface area contributed by atoms with Crippen molar-refractivity contribution in [2.24, 2.45) is 0 Å². The minimum Gasteiger partial charge on any atom is -0.454 e. The summed E-state index contributed by atoms with van der Waals surface area (Å²) in [4.78, 5) is 26.3. The predicted octanol–water partition coefficient (Wildman–Crippen LogP) is 10.9. The summed E-state index contributed by atoms with van der Waals surface area (Å²) >= 11 is 0. The molecule has 0 saturated carbocycles. The molecule has 11 nitrogen and oxygen atoms in total. The van der Waals surface area contributed by atoms with E-state index in [0.717, 1.165) is 64.2 Å². The molecule has 1 fully saturated rings. The molecule has 8 unspecified atom stereocenters. The Hall–Kier alpha value is -2.90. The molecule has 0 spiro atoms. The molecule has 66 heavy (non-hydrogen) atoms. The average molecular weight is 930 g/mol. The number of ether oxygens (including phenoxy) is 3. The third kappa shape index (κ3) is 32.0. The Morgan fingerprint density at radius 3 is 1.64 bits per heavy atom. The fraction of sp³-hybridized carbons (Fsp3) is 0.745. The molecule has 8 atom stereocenters. The van der Waals surface area contributed by atoms with Crippen LogP contribution in [-0.4, -0.2) is 99.6 Å². The topological polar surface area (TPSA) is 175 Å². The minimum atomic E-state index is -1.62. The SMILES string of the molecule is CC/C=C/C=C/C=C\C=C/C=C/CCCCC(O)C(=O)NC(COC1OC(CO)C(O)C(O)C1OC(=O)CCCCCCCCCCCCC)C(O)/C=C/CCCCCCCCCCCC. The molecule has 1 aliphatic heterocycles. The van der Waals surface area contributed by atoms with Crippen LogP contribution in [0.1, 0.15) is 201 Å². The van der Waals surface area contributed by atoms with E-state index in [2.05, 4.69) is 32.2 Å². The first-order valence-electron chi connectivity index (χ1n) is 26.3. The zero-order chi connectivity index (χ0) is 48.3. The van der Waals surface area contributed by atoms with E-state index in [1.165, 1.54) is 89.9 Å². The highest BCUT2D eigenvalue weighted by Gasteiger charge is 2.47. The van der Waals surface area contributed by atoms with Gasteiger partial charge in [-0.05, 0) is 44.9 Å². The van der Waals surface area contributed by atoms with Crippen molar-refractivity contribution >= 4 is 11.9 Å². The van der Waals surface area contributed by atoms with Gasteiger partial charge in [0.15, 0.2) is 12.4 Å². The van der Waals surface area contributed by atoms with Crippen LogP contribution in [0.15, 0.2) is 72.9 Å². The van der Waals surface area contributed by atoms with Gasteiger partial charge in [0, 0.05) is 6.42 Å². The first-order valence-corrected chi connectivity index (χ1v) is 26.3. The summed E-state index contributed by atoms with van der Waals surface area (Å²) in [6.07, 6.45) is 42.4. The number of carbonyl (C=O) groups is 2. The number of aliphatic hydroxyl groups excluding tert-OH is 5. The summed E-state index contributed by atoms with van der Waals surface area (Å²) < 4.78 is 17.5. The first kappa shape index (κ1) is 61.1. The molecule has 0 aromatic rings. The van der Waals surface area contributed by atoms with Gasteiger partial charge in [-0.1, -0.05) is 222 Å². The molecule has 1 amide bonds. The van der Waals surface area contributed by atoms with Crippen molar-refractivity contribution in [2.45, 2.75) is 250 Å². The molecule has 0 aromatic carbocycles. The molecule has 0 aliphatic carbocycles. The molecule has 1 heterocycles. The van der Waals surface area contributed by atoms with Crippen LogP contribution in [0.5, 0.6) is 0 Å². The van der Waals surface area contributed by atoms with E-state index in [-0.39, 0.29) is 19.4 Å². The standard InChI is InChI=1S/C55H95NO10/c1-4-7-10-13-16-19-22-24-25-28-30-33-36-39-42-48(59)54(63)56-46(47(58)41-38-35-32-29-27-23-20-17-14-11-8-5-2)45-64-55-53(52(62)51(61)49(44-57)65-55)66-50(60)43-40-37-34-31-26-21-18-15-12-9-6-3/h7,10,13,16,19,22,24-25,28,30,38,41,46-49,51-53,55,57-59,61-62H,4-6,8-9,11-12,14-15,17-18,20-21,23,26-27,29,31-37,39-40,42-45H2,1-3H3,(H,56,63)/b10-7+,16-13+,22-19-,25-24-,30-28+,41-38+. The van der Waals surface area contributed by atoms with Gasteiger partial charge in [0.25, 0.3) is 0 Å². The van der Waals surface area contributed by atoms with E-state index in [9.17, 15) is 35.1 Å².